The van der Waals surface area contributed by atoms with Gasteiger partial charge in [0, 0.05) is 11.6 Å². The Labute approximate surface area is 117 Å². The predicted octanol–water partition coefficient (Wildman–Crippen LogP) is 3.07. The summed E-state index contributed by atoms with van der Waals surface area (Å²) in [5, 5.41) is 3.12. The SMILES string of the molecule is CCOC(=O)[C@H](C)Nc1ccc2oc(C3CC3)nc2c1. The average molecular weight is 274 g/mol. The van der Waals surface area contributed by atoms with Gasteiger partial charge in [0.15, 0.2) is 11.5 Å². The molecule has 0 saturated heterocycles. The summed E-state index contributed by atoms with van der Waals surface area (Å²) < 4.78 is 10.7. The second kappa shape index (κ2) is 5.15. The van der Waals surface area contributed by atoms with Crippen LogP contribution in [0.5, 0.6) is 0 Å². The highest BCUT2D eigenvalue weighted by Crippen LogP contribution is 2.40. The van der Waals surface area contributed by atoms with Gasteiger partial charge in [-0.05, 0) is 44.9 Å². The van der Waals surface area contributed by atoms with E-state index >= 15 is 0 Å². The molecule has 1 aromatic heterocycles. The van der Waals surface area contributed by atoms with E-state index in [1.165, 1.54) is 0 Å². The molecule has 0 unspecified atom stereocenters. The van der Waals surface area contributed by atoms with Crippen LogP contribution in [0.15, 0.2) is 22.6 Å². The number of benzene rings is 1. The molecule has 2 aromatic rings. The molecule has 0 aliphatic heterocycles. The maximum atomic E-state index is 11.6. The van der Waals surface area contributed by atoms with Crippen LogP contribution in [0.3, 0.4) is 0 Å². The van der Waals surface area contributed by atoms with Crippen LogP contribution in [0.4, 0.5) is 5.69 Å². The van der Waals surface area contributed by atoms with Crippen molar-refractivity contribution in [3.8, 4) is 0 Å². The Morgan fingerprint density at radius 2 is 2.35 bits per heavy atom. The molecule has 1 fully saturated rings. The second-order valence-corrected chi connectivity index (χ2v) is 5.13. The number of nitrogens with one attached hydrogen (secondary N) is 1. The van der Waals surface area contributed by atoms with Crippen LogP contribution in [-0.4, -0.2) is 23.6 Å². The summed E-state index contributed by atoms with van der Waals surface area (Å²) >= 11 is 0. The van der Waals surface area contributed by atoms with E-state index < -0.39 is 0 Å². The second-order valence-electron chi connectivity index (χ2n) is 5.13. The number of carbonyl (C=O) groups is 1. The molecule has 0 amide bonds. The molecule has 5 nitrogen and oxygen atoms in total. The van der Waals surface area contributed by atoms with Crippen molar-refractivity contribution in [2.75, 3.05) is 11.9 Å². The van der Waals surface area contributed by atoms with E-state index in [4.69, 9.17) is 9.15 Å². The van der Waals surface area contributed by atoms with Crippen LogP contribution in [0, 0.1) is 0 Å². The lowest BCUT2D eigenvalue weighted by atomic mass is 10.2. The van der Waals surface area contributed by atoms with Crippen molar-refractivity contribution in [3.05, 3.63) is 24.1 Å². The van der Waals surface area contributed by atoms with E-state index in [1.807, 2.05) is 18.2 Å². The smallest absolute Gasteiger partial charge is 0.328 e. The van der Waals surface area contributed by atoms with Gasteiger partial charge < -0.3 is 14.5 Å². The number of rotatable bonds is 5. The molecular weight excluding hydrogens is 256 g/mol. The molecule has 5 heteroatoms. The Kier molecular flexibility index (Phi) is 3.34. The molecule has 1 heterocycles. The largest absolute Gasteiger partial charge is 0.464 e. The first kappa shape index (κ1) is 13.0. The average Bonchev–Trinajstić information content (AvgIpc) is 3.19. The van der Waals surface area contributed by atoms with Crippen LogP contribution in [0.1, 0.15) is 38.5 Å². The number of hydrogen-bond donors (Lipinski definition) is 1. The first-order valence-corrected chi connectivity index (χ1v) is 7.01. The van der Waals surface area contributed by atoms with Gasteiger partial charge in [-0.2, -0.15) is 0 Å². The van der Waals surface area contributed by atoms with E-state index in [9.17, 15) is 4.79 Å². The van der Waals surface area contributed by atoms with Crippen molar-refractivity contribution in [1.82, 2.24) is 4.98 Å². The highest BCUT2D eigenvalue weighted by molar-refractivity contribution is 5.82. The standard InChI is InChI=1S/C15H18N2O3/c1-3-19-15(18)9(2)16-11-6-7-13-12(8-11)17-14(20-13)10-4-5-10/h6-10,16H,3-5H2,1-2H3/t9-/m0/s1. The van der Waals surface area contributed by atoms with E-state index in [2.05, 4.69) is 10.3 Å². The maximum Gasteiger partial charge on any atom is 0.328 e. The minimum absolute atomic E-state index is 0.258. The fourth-order valence-corrected chi connectivity index (χ4v) is 2.12. The Bertz CT molecular complexity index is 631. The quantitative estimate of drug-likeness (QED) is 0.849. The molecule has 1 aromatic carbocycles. The minimum atomic E-state index is -0.387. The van der Waals surface area contributed by atoms with Crippen molar-refractivity contribution in [2.24, 2.45) is 0 Å². The van der Waals surface area contributed by atoms with Crippen LogP contribution in [0.2, 0.25) is 0 Å². The third-order valence-corrected chi connectivity index (χ3v) is 3.35. The summed E-state index contributed by atoms with van der Waals surface area (Å²) in [6, 6.07) is 5.29. The van der Waals surface area contributed by atoms with E-state index in [1.54, 1.807) is 13.8 Å². The molecule has 1 aliphatic rings. The summed E-state index contributed by atoms with van der Waals surface area (Å²) in [4.78, 5) is 16.1. The zero-order chi connectivity index (χ0) is 14.1. The summed E-state index contributed by atoms with van der Waals surface area (Å²) in [5.41, 5.74) is 2.46. The van der Waals surface area contributed by atoms with E-state index in [-0.39, 0.29) is 12.0 Å². The summed E-state index contributed by atoms with van der Waals surface area (Å²) in [7, 11) is 0. The number of oxazole rings is 1. The minimum Gasteiger partial charge on any atom is -0.464 e. The zero-order valence-electron chi connectivity index (χ0n) is 11.7. The molecule has 0 spiro atoms. The van der Waals surface area contributed by atoms with Crippen molar-refractivity contribution in [3.63, 3.8) is 0 Å². The number of nitrogens with zero attached hydrogens (tertiary/aromatic N) is 1. The molecular formula is C15H18N2O3. The van der Waals surface area contributed by atoms with Crippen molar-refractivity contribution < 1.29 is 13.9 Å². The number of aromatic nitrogens is 1. The highest BCUT2D eigenvalue weighted by Gasteiger charge is 2.28. The Morgan fingerprint density at radius 3 is 3.05 bits per heavy atom. The first-order valence-electron chi connectivity index (χ1n) is 7.01. The number of hydrogen-bond acceptors (Lipinski definition) is 5. The van der Waals surface area contributed by atoms with Crippen LogP contribution in [-0.2, 0) is 9.53 Å². The fraction of sp³-hybridized carbons (Fsp3) is 0.467. The number of esters is 1. The lowest BCUT2D eigenvalue weighted by Crippen LogP contribution is -2.28. The van der Waals surface area contributed by atoms with Gasteiger partial charge >= 0.3 is 5.97 Å². The van der Waals surface area contributed by atoms with Gasteiger partial charge in [0.2, 0.25) is 0 Å². The summed E-state index contributed by atoms with van der Waals surface area (Å²) in [6.45, 7) is 3.96. The molecule has 0 radical (unpaired) electrons. The van der Waals surface area contributed by atoms with E-state index in [0.717, 1.165) is 35.5 Å². The number of ether oxygens (including phenoxy) is 1. The Balaban J connectivity index is 1.76. The van der Waals surface area contributed by atoms with Crippen molar-refractivity contribution in [2.45, 2.75) is 38.6 Å². The maximum absolute atomic E-state index is 11.6. The molecule has 106 valence electrons. The highest BCUT2D eigenvalue weighted by atomic mass is 16.5. The molecule has 1 saturated carbocycles. The monoisotopic (exact) mass is 274 g/mol. The predicted molar refractivity (Wildman–Crippen MR) is 75.7 cm³/mol. The van der Waals surface area contributed by atoms with Gasteiger partial charge in [-0.3, -0.25) is 0 Å². The van der Waals surface area contributed by atoms with Crippen LogP contribution >= 0.6 is 0 Å². The van der Waals surface area contributed by atoms with Gasteiger partial charge in [-0.25, -0.2) is 9.78 Å². The van der Waals surface area contributed by atoms with Crippen molar-refractivity contribution >= 4 is 22.8 Å². The third kappa shape index (κ3) is 2.61. The third-order valence-electron chi connectivity index (χ3n) is 3.35. The summed E-state index contributed by atoms with van der Waals surface area (Å²) in [5.74, 6) is 1.07. The Morgan fingerprint density at radius 1 is 1.55 bits per heavy atom. The molecule has 1 N–H and O–H groups in total. The lowest BCUT2D eigenvalue weighted by Gasteiger charge is -2.13. The van der Waals surface area contributed by atoms with Gasteiger partial charge in [0.25, 0.3) is 0 Å². The topological polar surface area (TPSA) is 64.4 Å². The molecule has 0 bridgehead atoms. The lowest BCUT2D eigenvalue weighted by molar-refractivity contribution is -0.143. The molecule has 3 rings (SSSR count). The van der Waals surface area contributed by atoms with Gasteiger partial charge in [-0.1, -0.05) is 0 Å². The number of anilines is 1. The molecule has 1 aliphatic carbocycles. The van der Waals surface area contributed by atoms with Gasteiger partial charge in [0.1, 0.15) is 11.6 Å². The first-order chi connectivity index (χ1) is 9.67. The van der Waals surface area contributed by atoms with Crippen molar-refractivity contribution in [1.29, 1.82) is 0 Å². The Hall–Kier alpha value is -2.04. The zero-order valence-corrected chi connectivity index (χ0v) is 11.7. The number of fused-ring (bicyclic) bond motifs is 1. The molecule has 20 heavy (non-hydrogen) atoms. The van der Waals surface area contributed by atoms with Crippen LogP contribution < -0.4 is 5.32 Å². The van der Waals surface area contributed by atoms with Gasteiger partial charge in [-0.15, -0.1) is 0 Å². The normalized spacial score (nSPS) is 16.1. The van der Waals surface area contributed by atoms with Crippen LogP contribution in [0.25, 0.3) is 11.1 Å². The fourth-order valence-electron chi connectivity index (χ4n) is 2.12. The summed E-state index contributed by atoms with van der Waals surface area (Å²) in [6.07, 6.45) is 2.33. The van der Waals surface area contributed by atoms with Gasteiger partial charge in [0.05, 0.1) is 6.61 Å². The van der Waals surface area contributed by atoms with E-state index in [0.29, 0.717) is 12.5 Å². The molecule has 1 atom stereocenters. The number of carbonyl (C=O) groups excluding carboxylic acids is 1.